The molecule has 1 unspecified atom stereocenters. The molecule has 1 atom stereocenters. The Morgan fingerprint density at radius 3 is 2.92 bits per heavy atom. The predicted octanol–water partition coefficient (Wildman–Crippen LogP) is 0.893. The van der Waals surface area contributed by atoms with Crippen LogP contribution in [0.1, 0.15) is 30.0 Å². The van der Waals surface area contributed by atoms with Gasteiger partial charge in [0, 0.05) is 50.9 Å². The average molecular weight is 365 g/mol. The fourth-order valence-electron chi connectivity index (χ4n) is 3.32. The van der Waals surface area contributed by atoms with Crippen molar-refractivity contribution in [3.05, 3.63) is 35.5 Å². The Hall–Kier alpha value is -1.71. The van der Waals surface area contributed by atoms with Gasteiger partial charge in [-0.3, -0.25) is 9.58 Å². The van der Waals surface area contributed by atoms with Gasteiger partial charge < -0.3 is 4.52 Å². The minimum absolute atomic E-state index is 0.155. The summed E-state index contributed by atoms with van der Waals surface area (Å²) in [7, 11) is -3.16. The smallest absolute Gasteiger partial charge is 0.214 e. The van der Waals surface area contributed by atoms with Gasteiger partial charge in [0.25, 0.3) is 0 Å². The zero-order chi connectivity index (χ0) is 17.4. The largest absolute Gasteiger partial charge is 0.361 e. The molecule has 8 nitrogen and oxygen atoms in total. The van der Waals surface area contributed by atoms with Gasteiger partial charge in [0.2, 0.25) is 10.0 Å². The van der Waals surface area contributed by atoms with Gasteiger partial charge in [-0.05, 0) is 25.8 Å². The third kappa shape index (κ3) is 3.94. The van der Waals surface area contributed by atoms with Crippen LogP contribution in [-0.2, 0) is 29.7 Å². The summed E-state index contributed by atoms with van der Waals surface area (Å²) in [6.07, 6.45) is 3.35. The second-order valence-electron chi connectivity index (χ2n) is 7.06. The number of nitrogens with zero attached hydrogens (tertiary/aromatic N) is 4. The minimum atomic E-state index is -3.16. The van der Waals surface area contributed by atoms with Crippen LogP contribution in [0.3, 0.4) is 0 Å². The van der Waals surface area contributed by atoms with Crippen LogP contribution < -0.4 is 4.72 Å². The van der Waals surface area contributed by atoms with Crippen molar-refractivity contribution in [1.29, 1.82) is 0 Å². The van der Waals surface area contributed by atoms with Crippen LogP contribution in [0.5, 0.6) is 0 Å². The van der Waals surface area contributed by atoms with Gasteiger partial charge in [0.1, 0.15) is 5.76 Å². The summed E-state index contributed by atoms with van der Waals surface area (Å²) in [5.41, 5.74) is 2.02. The van der Waals surface area contributed by atoms with Crippen molar-refractivity contribution in [2.45, 2.75) is 44.6 Å². The highest BCUT2D eigenvalue weighted by molar-refractivity contribution is 7.90. The Labute approximate surface area is 147 Å². The van der Waals surface area contributed by atoms with Crippen LogP contribution in [0.25, 0.3) is 0 Å². The van der Waals surface area contributed by atoms with Gasteiger partial charge in [0.05, 0.1) is 16.6 Å². The molecule has 25 heavy (non-hydrogen) atoms. The lowest BCUT2D eigenvalue weighted by molar-refractivity contribution is 0.215. The molecule has 2 aromatic rings. The first kappa shape index (κ1) is 16.7. The quantitative estimate of drug-likeness (QED) is 0.817. The van der Waals surface area contributed by atoms with E-state index in [-0.39, 0.29) is 11.2 Å². The topological polar surface area (TPSA) is 93.3 Å². The molecule has 1 aliphatic heterocycles. The van der Waals surface area contributed by atoms with Crippen LogP contribution in [0.2, 0.25) is 0 Å². The number of aryl methyl sites for hydroxylation is 1. The molecule has 0 aromatic carbocycles. The van der Waals surface area contributed by atoms with E-state index in [0.29, 0.717) is 19.6 Å². The van der Waals surface area contributed by atoms with E-state index >= 15 is 0 Å². The lowest BCUT2D eigenvalue weighted by Gasteiger charge is -2.23. The van der Waals surface area contributed by atoms with E-state index in [1.807, 2.05) is 23.7 Å². The predicted molar refractivity (Wildman–Crippen MR) is 91.0 cm³/mol. The summed E-state index contributed by atoms with van der Waals surface area (Å²) >= 11 is 0. The average Bonchev–Trinajstić information content (AvgIpc) is 3.27. The molecule has 0 saturated heterocycles. The molecule has 0 bridgehead atoms. The van der Waals surface area contributed by atoms with Crippen molar-refractivity contribution in [2.24, 2.45) is 5.92 Å². The van der Waals surface area contributed by atoms with Gasteiger partial charge in [-0.15, -0.1) is 0 Å². The lowest BCUT2D eigenvalue weighted by atomic mass is 10.1. The van der Waals surface area contributed by atoms with Crippen LogP contribution in [0.15, 0.2) is 22.9 Å². The molecule has 1 saturated carbocycles. The number of hydrogen-bond acceptors (Lipinski definition) is 6. The van der Waals surface area contributed by atoms with E-state index in [4.69, 9.17) is 4.52 Å². The third-order valence-electron chi connectivity index (χ3n) is 4.74. The van der Waals surface area contributed by atoms with Crippen molar-refractivity contribution >= 4 is 10.0 Å². The molecular formula is C16H23N5O3S. The Balaban J connectivity index is 1.46. The van der Waals surface area contributed by atoms with Crippen LogP contribution in [-0.4, -0.2) is 46.6 Å². The second-order valence-corrected chi connectivity index (χ2v) is 9.11. The van der Waals surface area contributed by atoms with Gasteiger partial charge in [-0.25, -0.2) is 13.1 Å². The molecule has 1 N–H and O–H groups in total. The first-order chi connectivity index (χ1) is 12.0. The lowest BCUT2D eigenvalue weighted by Crippen LogP contribution is -2.37. The van der Waals surface area contributed by atoms with E-state index in [1.165, 1.54) is 0 Å². The van der Waals surface area contributed by atoms with Crippen LogP contribution in [0.4, 0.5) is 0 Å². The first-order valence-corrected chi connectivity index (χ1v) is 10.2. The number of nitrogens with one attached hydrogen (secondary N) is 1. The molecule has 0 amide bonds. The Morgan fingerprint density at radius 2 is 2.20 bits per heavy atom. The summed E-state index contributed by atoms with van der Waals surface area (Å²) in [6, 6.07) is 3.95. The standard InChI is InChI=1S/C16H23N5O3S/c1-12-6-14(19-24-12)10-20-8-13(7-18-25(22,23)16-2-3-16)9-21-15(11-20)4-5-17-21/h4-6,13,16,18H,2-3,7-11H2,1H3. The molecule has 3 heterocycles. The summed E-state index contributed by atoms with van der Waals surface area (Å²) in [4.78, 5) is 2.27. The number of aromatic nitrogens is 3. The summed E-state index contributed by atoms with van der Waals surface area (Å²) in [6.45, 7) is 5.24. The molecule has 0 radical (unpaired) electrons. The molecular weight excluding hydrogens is 342 g/mol. The molecule has 1 aliphatic carbocycles. The monoisotopic (exact) mass is 365 g/mol. The molecule has 1 fully saturated rings. The van der Waals surface area contributed by atoms with Crippen molar-refractivity contribution < 1.29 is 12.9 Å². The highest BCUT2D eigenvalue weighted by atomic mass is 32.2. The summed E-state index contributed by atoms with van der Waals surface area (Å²) in [5.74, 6) is 0.950. The van der Waals surface area contributed by atoms with E-state index in [9.17, 15) is 8.42 Å². The molecule has 136 valence electrons. The highest BCUT2D eigenvalue weighted by Crippen LogP contribution is 2.27. The van der Waals surface area contributed by atoms with E-state index in [2.05, 4.69) is 19.9 Å². The van der Waals surface area contributed by atoms with Crippen molar-refractivity contribution in [2.75, 3.05) is 13.1 Å². The van der Waals surface area contributed by atoms with Crippen molar-refractivity contribution in [1.82, 2.24) is 24.6 Å². The molecule has 0 spiro atoms. The minimum Gasteiger partial charge on any atom is -0.361 e. The van der Waals surface area contributed by atoms with Gasteiger partial charge in [-0.1, -0.05) is 5.16 Å². The first-order valence-electron chi connectivity index (χ1n) is 8.63. The number of fused-ring (bicyclic) bond motifs is 1. The maximum Gasteiger partial charge on any atom is 0.214 e. The van der Waals surface area contributed by atoms with Crippen molar-refractivity contribution in [3.8, 4) is 0 Å². The SMILES string of the molecule is Cc1cc(CN2Cc3ccnn3CC(CNS(=O)(=O)C3CC3)C2)no1. The Morgan fingerprint density at radius 1 is 1.36 bits per heavy atom. The summed E-state index contributed by atoms with van der Waals surface area (Å²) in [5, 5.41) is 8.27. The van der Waals surface area contributed by atoms with Crippen LogP contribution in [0, 0.1) is 12.8 Å². The highest BCUT2D eigenvalue weighted by Gasteiger charge is 2.36. The maximum atomic E-state index is 12.1. The molecule has 4 rings (SSSR count). The normalized spacial score (nSPS) is 21.9. The second kappa shape index (κ2) is 6.54. The molecule has 2 aliphatic rings. The Kier molecular flexibility index (Phi) is 4.38. The van der Waals surface area contributed by atoms with E-state index in [1.54, 1.807) is 6.20 Å². The van der Waals surface area contributed by atoms with E-state index in [0.717, 1.165) is 43.1 Å². The van der Waals surface area contributed by atoms with Gasteiger partial charge in [0.15, 0.2) is 0 Å². The number of rotatable bonds is 6. The van der Waals surface area contributed by atoms with Gasteiger partial charge >= 0.3 is 0 Å². The molecule has 2 aromatic heterocycles. The van der Waals surface area contributed by atoms with Gasteiger partial charge in [-0.2, -0.15) is 5.10 Å². The fourth-order valence-corrected chi connectivity index (χ4v) is 4.78. The van der Waals surface area contributed by atoms with E-state index < -0.39 is 10.0 Å². The molecule has 9 heteroatoms. The van der Waals surface area contributed by atoms with Crippen LogP contribution >= 0.6 is 0 Å². The number of hydrogen-bond donors (Lipinski definition) is 1. The zero-order valence-electron chi connectivity index (χ0n) is 14.3. The third-order valence-corrected chi connectivity index (χ3v) is 6.65. The Bertz CT molecular complexity index is 840. The zero-order valence-corrected chi connectivity index (χ0v) is 15.1. The number of sulfonamides is 1. The fraction of sp³-hybridized carbons (Fsp3) is 0.625. The summed E-state index contributed by atoms with van der Waals surface area (Å²) < 4.78 is 34.2. The van der Waals surface area contributed by atoms with Crippen molar-refractivity contribution in [3.63, 3.8) is 0 Å². The maximum absolute atomic E-state index is 12.1.